The average Bonchev–Trinajstić information content (AvgIpc) is 3.25. The Morgan fingerprint density at radius 2 is 1.97 bits per heavy atom. The minimum atomic E-state index is -0.459. The van der Waals surface area contributed by atoms with Gasteiger partial charge in [-0.15, -0.1) is 11.8 Å². The number of anilines is 1. The number of non-ortho nitro benzene ring substituents is 1. The van der Waals surface area contributed by atoms with Crippen molar-refractivity contribution in [2.24, 2.45) is 0 Å². The third kappa shape index (κ3) is 5.60. The fourth-order valence-corrected chi connectivity index (χ4v) is 3.78. The molecule has 2 heterocycles. The van der Waals surface area contributed by atoms with Crippen LogP contribution in [0, 0.1) is 10.1 Å². The highest BCUT2D eigenvalue weighted by Crippen LogP contribution is 2.31. The molecule has 0 atom stereocenters. The van der Waals surface area contributed by atoms with Crippen LogP contribution in [0.3, 0.4) is 0 Å². The summed E-state index contributed by atoms with van der Waals surface area (Å²) >= 11 is 1.29. The number of nitro benzene ring substituents is 1. The molecule has 0 aliphatic carbocycles. The van der Waals surface area contributed by atoms with Crippen LogP contribution in [-0.2, 0) is 11.4 Å². The van der Waals surface area contributed by atoms with Crippen LogP contribution in [0.15, 0.2) is 78.0 Å². The number of carbonyl (C=O) groups excluding carboxylic acids is 1. The third-order valence-corrected chi connectivity index (χ3v) is 5.67. The Morgan fingerprint density at radius 3 is 2.70 bits per heavy atom. The number of imidazole rings is 1. The zero-order valence-electron chi connectivity index (χ0n) is 17.6. The number of nitrogens with zero attached hydrogens (tertiary/aromatic N) is 3. The maximum absolute atomic E-state index is 12.4. The lowest BCUT2D eigenvalue weighted by Crippen LogP contribution is -2.14. The fraction of sp³-hybridized carbons (Fsp3) is 0.130. The van der Waals surface area contributed by atoms with Crippen LogP contribution in [-0.4, -0.2) is 33.1 Å². The summed E-state index contributed by atoms with van der Waals surface area (Å²) in [4.78, 5) is 27.9. The number of carbonyl (C=O) groups is 1. The van der Waals surface area contributed by atoms with Gasteiger partial charge in [-0.1, -0.05) is 6.07 Å². The number of aromatic nitrogens is 2. The highest BCUT2D eigenvalue weighted by molar-refractivity contribution is 8.00. The third-order valence-electron chi connectivity index (χ3n) is 4.65. The number of thioether (sulfide) groups is 1. The molecule has 0 radical (unpaired) electrons. The lowest BCUT2D eigenvalue weighted by Gasteiger charge is -2.12. The summed E-state index contributed by atoms with van der Waals surface area (Å²) in [5.74, 6) is 0.962. The Hall–Kier alpha value is -4.05. The van der Waals surface area contributed by atoms with E-state index in [1.54, 1.807) is 37.4 Å². The van der Waals surface area contributed by atoms with Crippen LogP contribution in [0.2, 0.25) is 0 Å². The van der Waals surface area contributed by atoms with Crippen LogP contribution < -0.4 is 14.8 Å². The van der Waals surface area contributed by atoms with Gasteiger partial charge in [0.1, 0.15) is 12.3 Å². The zero-order chi connectivity index (χ0) is 23.2. The molecular formula is C23H20N4O5S. The first-order valence-corrected chi connectivity index (χ1v) is 10.9. The van der Waals surface area contributed by atoms with Crippen LogP contribution in [0.5, 0.6) is 11.5 Å². The van der Waals surface area contributed by atoms with Gasteiger partial charge in [0.2, 0.25) is 5.91 Å². The van der Waals surface area contributed by atoms with E-state index >= 15 is 0 Å². The van der Waals surface area contributed by atoms with Crippen LogP contribution in [0.25, 0.3) is 5.65 Å². The fourth-order valence-electron chi connectivity index (χ4n) is 3.09. The molecule has 0 unspecified atom stereocenters. The van der Waals surface area contributed by atoms with Gasteiger partial charge >= 0.3 is 0 Å². The number of rotatable bonds is 9. The summed E-state index contributed by atoms with van der Waals surface area (Å²) in [6.45, 7) is 0.242. The molecule has 10 heteroatoms. The summed E-state index contributed by atoms with van der Waals surface area (Å²) in [6.07, 6.45) is 3.81. The van der Waals surface area contributed by atoms with Crippen molar-refractivity contribution in [3.05, 3.63) is 88.9 Å². The molecule has 0 bridgehead atoms. The number of ether oxygens (including phenoxy) is 2. The van der Waals surface area contributed by atoms with Crippen molar-refractivity contribution in [2.45, 2.75) is 11.5 Å². The summed E-state index contributed by atoms with van der Waals surface area (Å²) in [5.41, 5.74) is 2.17. The van der Waals surface area contributed by atoms with E-state index in [4.69, 9.17) is 9.47 Å². The number of amides is 1. The largest absolute Gasteiger partial charge is 0.493 e. The Kier molecular flexibility index (Phi) is 6.75. The first-order chi connectivity index (χ1) is 16.0. The molecule has 0 aliphatic heterocycles. The first-order valence-electron chi connectivity index (χ1n) is 9.92. The maximum atomic E-state index is 12.4. The summed E-state index contributed by atoms with van der Waals surface area (Å²) in [5, 5.41) is 13.6. The number of nitrogens with one attached hydrogen (secondary N) is 1. The second-order valence-corrected chi connectivity index (χ2v) is 7.99. The van der Waals surface area contributed by atoms with Crippen molar-refractivity contribution in [1.29, 1.82) is 0 Å². The average molecular weight is 465 g/mol. The van der Waals surface area contributed by atoms with Gasteiger partial charge in [0.15, 0.2) is 11.5 Å². The second-order valence-electron chi connectivity index (χ2n) is 6.94. The van der Waals surface area contributed by atoms with E-state index in [2.05, 4.69) is 10.3 Å². The van der Waals surface area contributed by atoms with Gasteiger partial charge < -0.3 is 19.2 Å². The number of fused-ring (bicyclic) bond motifs is 1. The summed E-state index contributed by atoms with van der Waals surface area (Å²) in [7, 11) is 1.55. The lowest BCUT2D eigenvalue weighted by molar-refractivity contribution is -0.384. The minimum Gasteiger partial charge on any atom is -0.493 e. The summed E-state index contributed by atoms with van der Waals surface area (Å²) < 4.78 is 13.2. The predicted molar refractivity (Wildman–Crippen MR) is 125 cm³/mol. The Labute approximate surface area is 193 Å². The topological polar surface area (TPSA) is 108 Å². The highest BCUT2D eigenvalue weighted by Gasteiger charge is 2.11. The van der Waals surface area contributed by atoms with Gasteiger partial charge in [-0.2, -0.15) is 0 Å². The van der Waals surface area contributed by atoms with E-state index in [9.17, 15) is 14.9 Å². The van der Waals surface area contributed by atoms with Crippen LogP contribution in [0.1, 0.15) is 5.69 Å². The molecule has 1 N–H and O–H groups in total. The van der Waals surface area contributed by atoms with Gasteiger partial charge in [0, 0.05) is 41.2 Å². The van der Waals surface area contributed by atoms with Crippen LogP contribution in [0.4, 0.5) is 11.4 Å². The Morgan fingerprint density at radius 1 is 1.15 bits per heavy atom. The molecule has 168 valence electrons. The number of benzene rings is 2. The molecule has 33 heavy (non-hydrogen) atoms. The van der Waals surface area contributed by atoms with Crippen molar-refractivity contribution in [1.82, 2.24) is 9.38 Å². The SMILES string of the molecule is COc1ccc(NC(=O)CSc2ccc([N+](=O)[O-])cc2)cc1OCc1cn2ccccc2n1. The standard InChI is InChI=1S/C23H20N4O5S/c1-31-20-10-5-16(25-23(28)15-33-19-8-6-18(7-9-19)27(29)30)12-21(20)32-14-17-13-26-11-3-2-4-22(26)24-17/h2-13H,14-15H2,1H3,(H,25,28). The predicted octanol–water partition coefficient (Wildman–Crippen LogP) is 4.56. The molecule has 0 saturated heterocycles. The van der Waals surface area contributed by atoms with Gasteiger partial charge in [-0.25, -0.2) is 4.98 Å². The zero-order valence-corrected chi connectivity index (χ0v) is 18.5. The number of hydrogen-bond acceptors (Lipinski definition) is 7. The monoisotopic (exact) mass is 464 g/mol. The molecule has 0 fully saturated rings. The number of hydrogen-bond donors (Lipinski definition) is 1. The maximum Gasteiger partial charge on any atom is 0.269 e. The molecule has 2 aromatic heterocycles. The minimum absolute atomic E-state index is 0.0122. The molecular weight excluding hydrogens is 444 g/mol. The van der Waals surface area contributed by atoms with Crippen molar-refractivity contribution >= 4 is 34.7 Å². The smallest absolute Gasteiger partial charge is 0.269 e. The molecule has 4 aromatic rings. The Bertz CT molecular complexity index is 1260. The van der Waals surface area contributed by atoms with Gasteiger partial charge in [0.25, 0.3) is 5.69 Å². The number of pyridine rings is 1. The van der Waals surface area contributed by atoms with Crippen molar-refractivity contribution < 1.29 is 19.2 Å². The van der Waals surface area contributed by atoms with E-state index in [0.717, 1.165) is 16.2 Å². The van der Waals surface area contributed by atoms with Crippen molar-refractivity contribution in [3.8, 4) is 11.5 Å². The Balaban J connectivity index is 1.37. The number of nitro groups is 1. The van der Waals surface area contributed by atoms with E-state index in [1.807, 2.05) is 35.0 Å². The van der Waals surface area contributed by atoms with Crippen molar-refractivity contribution in [2.75, 3.05) is 18.2 Å². The summed E-state index contributed by atoms with van der Waals surface area (Å²) in [6, 6.07) is 17.0. The second kappa shape index (κ2) is 10.0. The molecule has 4 rings (SSSR count). The first kappa shape index (κ1) is 22.2. The van der Waals surface area contributed by atoms with Crippen molar-refractivity contribution in [3.63, 3.8) is 0 Å². The normalized spacial score (nSPS) is 10.7. The highest BCUT2D eigenvalue weighted by atomic mass is 32.2. The van der Waals surface area contributed by atoms with E-state index < -0.39 is 4.92 Å². The molecule has 2 aromatic carbocycles. The quantitative estimate of drug-likeness (QED) is 0.220. The van der Waals surface area contributed by atoms with Gasteiger partial charge in [-0.05, 0) is 36.4 Å². The molecule has 0 spiro atoms. The number of methoxy groups -OCH3 is 1. The van der Waals surface area contributed by atoms with Crippen LogP contribution >= 0.6 is 11.8 Å². The molecule has 0 aliphatic rings. The van der Waals surface area contributed by atoms with E-state index in [1.165, 1.54) is 23.9 Å². The molecule has 9 nitrogen and oxygen atoms in total. The van der Waals surface area contributed by atoms with Gasteiger partial charge in [0.05, 0.1) is 23.5 Å². The van der Waals surface area contributed by atoms with Gasteiger partial charge in [-0.3, -0.25) is 14.9 Å². The van der Waals surface area contributed by atoms with E-state index in [0.29, 0.717) is 17.2 Å². The molecule has 1 amide bonds. The van der Waals surface area contributed by atoms with E-state index in [-0.39, 0.29) is 24.0 Å². The lowest BCUT2D eigenvalue weighted by atomic mass is 10.2. The molecule has 0 saturated carbocycles.